The van der Waals surface area contributed by atoms with Gasteiger partial charge in [0.1, 0.15) is 12.2 Å². The summed E-state index contributed by atoms with van der Waals surface area (Å²) in [6, 6.07) is 0. The second-order valence-corrected chi connectivity index (χ2v) is 9.67. The minimum atomic E-state index is -0.823. The minimum absolute atomic E-state index is 0.0344. The topological polar surface area (TPSA) is 91.3 Å². The highest BCUT2D eigenvalue weighted by atomic mass is 16.6. The number of carbonyl (C=O) groups is 2. The predicted molar refractivity (Wildman–Crippen MR) is 110 cm³/mol. The van der Waals surface area contributed by atoms with Gasteiger partial charge in [0.05, 0.1) is 23.4 Å². The third kappa shape index (κ3) is 4.30. The largest absolute Gasteiger partial charge is 0.458 e. The van der Waals surface area contributed by atoms with E-state index in [0.717, 1.165) is 25.7 Å². The van der Waals surface area contributed by atoms with E-state index in [4.69, 9.17) is 18.9 Å². The quantitative estimate of drug-likeness (QED) is 0.538. The van der Waals surface area contributed by atoms with Gasteiger partial charge in [0.25, 0.3) is 0 Å². The molecule has 0 spiro atoms. The normalized spacial score (nSPS) is 45.0. The summed E-state index contributed by atoms with van der Waals surface area (Å²) in [6.45, 7) is 11.2. The Labute approximate surface area is 179 Å². The predicted octanol–water partition coefficient (Wildman–Crippen LogP) is 2.93. The van der Waals surface area contributed by atoms with Crippen molar-refractivity contribution in [1.29, 1.82) is 0 Å². The molecule has 0 saturated carbocycles. The second-order valence-electron chi connectivity index (χ2n) is 9.67. The van der Waals surface area contributed by atoms with Gasteiger partial charge in [-0.3, -0.25) is 4.79 Å². The number of esters is 2. The lowest BCUT2D eigenvalue weighted by Gasteiger charge is -2.37. The van der Waals surface area contributed by atoms with Crippen molar-refractivity contribution in [3.8, 4) is 0 Å². The molecule has 7 nitrogen and oxygen atoms in total. The molecule has 170 valence electrons. The summed E-state index contributed by atoms with van der Waals surface area (Å²) in [5.74, 6) is -1.38. The fourth-order valence-electron chi connectivity index (χ4n) is 5.26. The highest BCUT2D eigenvalue weighted by molar-refractivity contribution is 5.91. The number of ether oxygens (including phenoxy) is 4. The van der Waals surface area contributed by atoms with Crippen molar-refractivity contribution in [3.05, 3.63) is 12.2 Å². The first-order valence-corrected chi connectivity index (χ1v) is 11.0. The summed E-state index contributed by atoms with van der Waals surface area (Å²) in [6.07, 6.45) is 1.95. The van der Waals surface area contributed by atoms with Crippen LogP contribution in [0.2, 0.25) is 0 Å². The number of carbonyl (C=O) groups excluding carboxylic acids is 2. The third-order valence-corrected chi connectivity index (χ3v) is 7.51. The third-order valence-electron chi connectivity index (χ3n) is 7.51. The molecule has 3 aliphatic rings. The zero-order chi connectivity index (χ0) is 22.3. The first-order chi connectivity index (χ1) is 14.0. The van der Waals surface area contributed by atoms with Crippen LogP contribution in [0.4, 0.5) is 0 Å². The van der Waals surface area contributed by atoms with Gasteiger partial charge in [-0.2, -0.15) is 0 Å². The summed E-state index contributed by atoms with van der Waals surface area (Å²) >= 11 is 0. The molecule has 2 bridgehead atoms. The Bertz CT molecular complexity index is 691. The van der Waals surface area contributed by atoms with Gasteiger partial charge >= 0.3 is 11.9 Å². The van der Waals surface area contributed by atoms with E-state index in [0.29, 0.717) is 12.0 Å². The van der Waals surface area contributed by atoms with Crippen LogP contribution in [-0.4, -0.2) is 59.8 Å². The molecule has 3 aliphatic heterocycles. The van der Waals surface area contributed by atoms with Crippen LogP contribution < -0.4 is 0 Å². The standard InChI is InChI=1S/C23H36O7/c1-13-8-7-10-23(5,27-6)18-9-11-22(4,30-18)17(25)12-16-14(2)21(26)29-20(16)19(13)28-15(3)24/h13,16-20,25H,2,7-12H2,1,3-6H3/t13-,16-,17+,18+,19+,20+,22-,23-/m0/s1. The number of hydrogen-bond donors (Lipinski definition) is 1. The fraction of sp³-hybridized carbons (Fsp3) is 0.826. The van der Waals surface area contributed by atoms with Crippen molar-refractivity contribution in [3.63, 3.8) is 0 Å². The fourth-order valence-corrected chi connectivity index (χ4v) is 5.26. The number of methoxy groups -OCH3 is 1. The number of rotatable bonds is 2. The molecule has 3 rings (SSSR count). The van der Waals surface area contributed by atoms with Crippen molar-refractivity contribution in [2.45, 2.75) is 102 Å². The van der Waals surface area contributed by atoms with Gasteiger partial charge in [-0.25, -0.2) is 4.79 Å². The maximum absolute atomic E-state index is 12.3. The summed E-state index contributed by atoms with van der Waals surface area (Å²) in [5.41, 5.74) is -0.899. The molecule has 8 atom stereocenters. The molecule has 0 amide bonds. The molecule has 3 heterocycles. The molecule has 7 heteroatoms. The Morgan fingerprint density at radius 2 is 1.97 bits per heavy atom. The maximum Gasteiger partial charge on any atom is 0.334 e. The van der Waals surface area contributed by atoms with E-state index in [-0.39, 0.29) is 18.4 Å². The average Bonchev–Trinajstić information content (AvgIpc) is 3.22. The Balaban J connectivity index is 1.96. The van der Waals surface area contributed by atoms with Crippen LogP contribution in [0.25, 0.3) is 0 Å². The first kappa shape index (κ1) is 23.2. The number of aliphatic hydroxyl groups is 1. The molecule has 0 radical (unpaired) electrons. The van der Waals surface area contributed by atoms with Crippen LogP contribution in [0.15, 0.2) is 12.2 Å². The van der Waals surface area contributed by atoms with E-state index in [9.17, 15) is 14.7 Å². The zero-order valence-corrected chi connectivity index (χ0v) is 18.8. The molecule has 0 unspecified atom stereocenters. The van der Waals surface area contributed by atoms with Crippen LogP contribution in [0.3, 0.4) is 0 Å². The van der Waals surface area contributed by atoms with Crippen LogP contribution >= 0.6 is 0 Å². The van der Waals surface area contributed by atoms with Gasteiger partial charge in [-0.05, 0) is 51.9 Å². The lowest BCUT2D eigenvalue weighted by molar-refractivity contribution is -0.174. The van der Waals surface area contributed by atoms with E-state index in [2.05, 4.69) is 13.5 Å². The average molecular weight is 425 g/mol. The van der Waals surface area contributed by atoms with Crippen molar-refractivity contribution in [2.75, 3.05) is 7.11 Å². The lowest BCUT2D eigenvalue weighted by Crippen LogP contribution is -2.47. The summed E-state index contributed by atoms with van der Waals surface area (Å²) in [5, 5.41) is 11.2. The summed E-state index contributed by atoms with van der Waals surface area (Å²) in [4.78, 5) is 24.2. The molecule has 30 heavy (non-hydrogen) atoms. The van der Waals surface area contributed by atoms with Gasteiger partial charge in [0.2, 0.25) is 0 Å². The Morgan fingerprint density at radius 1 is 1.27 bits per heavy atom. The van der Waals surface area contributed by atoms with E-state index >= 15 is 0 Å². The molecule has 3 fully saturated rings. The SMILES string of the molecule is C=C1C(=O)O[C@H]2[C@H](OC(C)=O)[C@@H](C)CCC[C@](C)(OC)[C@H]3CC[C@](C)(O3)[C@H](O)C[C@@H]12. The molecular formula is C23H36O7. The molecule has 3 saturated heterocycles. The number of hydrogen-bond acceptors (Lipinski definition) is 7. The van der Waals surface area contributed by atoms with Crippen molar-refractivity contribution in [1.82, 2.24) is 0 Å². The minimum Gasteiger partial charge on any atom is -0.458 e. The van der Waals surface area contributed by atoms with Crippen LogP contribution in [0.1, 0.15) is 66.2 Å². The molecule has 0 aromatic heterocycles. The summed E-state index contributed by atoms with van der Waals surface area (Å²) < 4.78 is 23.6. The molecular weight excluding hydrogens is 388 g/mol. The lowest BCUT2D eigenvalue weighted by atomic mass is 9.79. The molecule has 0 aliphatic carbocycles. The van der Waals surface area contributed by atoms with Gasteiger partial charge in [-0.15, -0.1) is 0 Å². The van der Waals surface area contributed by atoms with Crippen molar-refractivity contribution < 1.29 is 33.6 Å². The van der Waals surface area contributed by atoms with Crippen LogP contribution in [0.5, 0.6) is 0 Å². The molecule has 1 N–H and O–H groups in total. The van der Waals surface area contributed by atoms with E-state index < -0.39 is 47.4 Å². The highest BCUT2D eigenvalue weighted by Gasteiger charge is 2.53. The van der Waals surface area contributed by atoms with E-state index in [1.165, 1.54) is 6.92 Å². The van der Waals surface area contributed by atoms with Crippen molar-refractivity contribution >= 4 is 11.9 Å². The van der Waals surface area contributed by atoms with E-state index in [1.54, 1.807) is 7.11 Å². The highest BCUT2D eigenvalue weighted by Crippen LogP contribution is 2.45. The molecule has 0 aromatic rings. The van der Waals surface area contributed by atoms with Crippen LogP contribution in [-0.2, 0) is 28.5 Å². The Hall–Kier alpha value is -1.44. The summed E-state index contributed by atoms with van der Waals surface area (Å²) in [7, 11) is 1.70. The van der Waals surface area contributed by atoms with Gasteiger partial charge in [0.15, 0.2) is 0 Å². The second kappa shape index (κ2) is 8.60. The number of aliphatic hydroxyl groups excluding tert-OH is 1. The van der Waals surface area contributed by atoms with Gasteiger partial charge < -0.3 is 24.1 Å². The van der Waals surface area contributed by atoms with Crippen molar-refractivity contribution in [2.24, 2.45) is 11.8 Å². The van der Waals surface area contributed by atoms with Gasteiger partial charge in [-0.1, -0.05) is 19.9 Å². The van der Waals surface area contributed by atoms with E-state index in [1.807, 2.05) is 13.8 Å². The smallest absolute Gasteiger partial charge is 0.334 e. The zero-order valence-electron chi connectivity index (χ0n) is 18.8. The monoisotopic (exact) mass is 424 g/mol. The Kier molecular flexibility index (Phi) is 6.65. The number of fused-ring (bicyclic) bond motifs is 3. The van der Waals surface area contributed by atoms with Crippen LogP contribution in [0, 0.1) is 11.8 Å². The van der Waals surface area contributed by atoms with Gasteiger partial charge in [0, 0.05) is 25.5 Å². The first-order valence-electron chi connectivity index (χ1n) is 11.0. The molecule has 0 aromatic carbocycles. The Morgan fingerprint density at radius 3 is 2.60 bits per heavy atom. The maximum atomic E-state index is 12.3.